The van der Waals surface area contributed by atoms with Gasteiger partial charge >= 0.3 is 0 Å². The number of amides is 2. The second-order valence-electron chi connectivity index (χ2n) is 9.28. The molecule has 31 heavy (non-hydrogen) atoms. The van der Waals surface area contributed by atoms with E-state index >= 15 is 0 Å². The summed E-state index contributed by atoms with van der Waals surface area (Å²) in [5, 5.41) is 5.32. The van der Waals surface area contributed by atoms with Gasteiger partial charge in [0.05, 0.1) is 30.0 Å². The number of hydrogen-bond acceptors (Lipinski definition) is 5. The first-order chi connectivity index (χ1) is 15.1. The molecule has 2 fully saturated rings. The van der Waals surface area contributed by atoms with Gasteiger partial charge in [-0.05, 0) is 43.7 Å². The van der Waals surface area contributed by atoms with Crippen LogP contribution in [0, 0.1) is 0 Å². The first-order valence-electron chi connectivity index (χ1n) is 11.6. The smallest absolute Gasteiger partial charge is 0.271 e. The molecule has 1 aliphatic carbocycles. The zero-order chi connectivity index (χ0) is 21.4. The lowest BCUT2D eigenvalue weighted by Gasteiger charge is -2.44. The summed E-state index contributed by atoms with van der Waals surface area (Å²) in [5.74, 6) is -0.0393. The summed E-state index contributed by atoms with van der Waals surface area (Å²) in [4.78, 5) is 31.4. The average molecular weight is 445 g/mol. The number of ether oxygens (including phenoxy) is 1. The molecule has 1 saturated carbocycles. The number of morpholine rings is 1. The molecule has 2 aromatic heterocycles. The predicted molar refractivity (Wildman–Crippen MR) is 122 cm³/mol. The Labute approximate surface area is 187 Å². The molecule has 2 aromatic rings. The Balaban J connectivity index is 1.39. The Morgan fingerprint density at radius 2 is 2.03 bits per heavy atom. The standard InChI is InChI=1S/C23H32N4O3S/c1-23(22(29)24-17-5-2-3-6-17)16-26-18-7-14-31-20(18)15-19(26)21(28)27(23)9-4-8-25-10-12-30-13-11-25/h7,14-15,17H,2-6,8-13,16H2,1H3,(H,24,29)/t23-/m1/s1. The van der Waals surface area contributed by atoms with E-state index in [9.17, 15) is 9.59 Å². The maximum absolute atomic E-state index is 13.6. The van der Waals surface area contributed by atoms with Crippen molar-refractivity contribution in [2.45, 2.75) is 57.2 Å². The molecule has 5 rings (SSSR count). The molecule has 0 spiro atoms. The van der Waals surface area contributed by atoms with Crippen molar-refractivity contribution in [2.24, 2.45) is 0 Å². The van der Waals surface area contributed by atoms with Crippen LogP contribution in [0.5, 0.6) is 0 Å². The molecule has 0 aromatic carbocycles. The highest BCUT2D eigenvalue weighted by molar-refractivity contribution is 7.17. The van der Waals surface area contributed by atoms with Crippen molar-refractivity contribution < 1.29 is 14.3 Å². The Morgan fingerprint density at radius 1 is 1.26 bits per heavy atom. The van der Waals surface area contributed by atoms with Crippen molar-refractivity contribution in [3.8, 4) is 0 Å². The van der Waals surface area contributed by atoms with Crippen molar-refractivity contribution in [2.75, 3.05) is 39.4 Å². The van der Waals surface area contributed by atoms with E-state index in [1.165, 1.54) is 12.8 Å². The second-order valence-corrected chi connectivity index (χ2v) is 10.2. The minimum atomic E-state index is -0.883. The lowest BCUT2D eigenvalue weighted by molar-refractivity contribution is -0.133. The van der Waals surface area contributed by atoms with Crippen molar-refractivity contribution in [3.63, 3.8) is 0 Å². The maximum Gasteiger partial charge on any atom is 0.271 e. The van der Waals surface area contributed by atoms with E-state index < -0.39 is 5.54 Å². The first kappa shape index (κ1) is 21.0. The summed E-state index contributed by atoms with van der Waals surface area (Å²) < 4.78 is 8.61. The van der Waals surface area contributed by atoms with Crippen LogP contribution in [-0.4, -0.2) is 77.2 Å². The largest absolute Gasteiger partial charge is 0.379 e. The van der Waals surface area contributed by atoms with Crippen molar-refractivity contribution >= 4 is 33.4 Å². The fourth-order valence-electron chi connectivity index (χ4n) is 5.31. The van der Waals surface area contributed by atoms with Gasteiger partial charge in [0.15, 0.2) is 0 Å². The van der Waals surface area contributed by atoms with E-state index in [0.29, 0.717) is 18.8 Å². The van der Waals surface area contributed by atoms with Gasteiger partial charge in [-0.3, -0.25) is 14.5 Å². The van der Waals surface area contributed by atoms with E-state index in [4.69, 9.17) is 4.74 Å². The molecule has 4 heterocycles. The van der Waals surface area contributed by atoms with Gasteiger partial charge in [-0.15, -0.1) is 11.3 Å². The molecule has 1 atom stereocenters. The number of aromatic nitrogens is 1. The second kappa shape index (κ2) is 8.56. The zero-order valence-electron chi connectivity index (χ0n) is 18.3. The van der Waals surface area contributed by atoms with E-state index in [2.05, 4.69) is 20.9 Å². The fourth-order valence-corrected chi connectivity index (χ4v) is 6.13. The third kappa shape index (κ3) is 3.90. The summed E-state index contributed by atoms with van der Waals surface area (Å²) in [6, 6.07) is 4.29. The lowest BCUT2D eigenvalue weighted by atomic mass is 9.93. The fraction of sp³-hybridized carbons (Fsp3) is 0.652. The molecule has 1 N–H and O–H groups in total. The highest BCUT2D eigenvalue weighted by atomic mass is 32.1. The van der Waals surface area contributed by atoms with Crippen molar-refractivity contribution in [1.29, 1.82) is 0 Å². The van der Waals surface area contributed by atoms with Crippen LogP contribution in [0.25, 0.3) is 10.2 Å². The number of nitrogens with one attached hydrogen (secondary N) is 1. The van der Waals surface area contributed by atoms with Crippen LogP contribution in [-0.2, 0) is 16.1 Å². The SMILES string of the molecule is C[C@]1(C(=O)NC2CCCC2)Cn2c(cc3sccc32)C(=O)N1CCCN1CCOCC1. The number of hydrogen-bond donors (Lipinski definition) is 1. The third-order valence-electron chi connectivity index (χ3n) is 7.19. The van der Waals surface area contributed by atoms with Gasteiger partial charge in [0, 0.05) is 32.2 Å². The number of carbonyl (C=O) groups excluding carboxylic acids is 2. The van der Waals surface area contributed by atoms with Gasteiger partial charge in [-0.1, -0.05) is 12.8 Å². The van der Waals surface area contributed by atoms with Gasteiger partial charge in [0.25, 0.3) is 5.91 Å². The molecule has 2 amide bonds. The third-order valence-corrected chi connectivity index (χ3v) is 8.04. The van der Waals surface area contributed by atoms with Crippen LogP contribution in [0.4, 0.5) is 0 Å². The number of rotatable bonds is 6. The highest BCUT2D eigenvalue weighted by Crippen LogP contribution is 2.34. The number of thiophene rings is 1. The minimum absolute atomic E-state index is 0.0122. The quantitative estimate of drug-likeness (QED) is 0.744. The maximum atomic E-state index is 13.6. The van der Waals surface area contributed by atoms with E-state index in [0.717, 1.165) is 62.3 Å². The number of nitrogens with zero attached hydrogens (tertiary/aromatic N) is 3. The summed E-state index contributed by atoms with van der Waals surface area (Å²) in [6.45, 7) is 7.38. The zero-order valence-corrected chi connectivity index (χ0v) is 19.1. The van der Waals surface area contributed by atoms with Crippen LogP contribution in [0.15, 0.2) is 17.5 Å². The highest BCUT2D eigenvalue weighted by Gasteiger charge is 2.48. The molecule has 1 saturated heterocycles. The molecule has 0 unspecified atom stereocenters. The Hall–Kier alpha value is -1.90. The van der Waals surface area contributed by atoms with E-state index in [1.807, 2.05) is 23.3 Å². The summed E-state index contributed by atoms with van der Waals surface area (Å²) in [7, 11) is 0. The van der Waals surface area contributed by atoms with E-state index in [1.54, 1.807) is 11.3 Å². The van der Waals surface area contributed by atoms with Crippen LogP contribution in [0.2, 0.25) is 0 Å². The van der Waals surface area contributed by atoms with Crippen LogP contribution in [0.1, 0.15) is 49.5 Å². The average Bonchev–Trinajstić information content (AvgIpc) is 3.50. The summed E-state index contributed by atoms with van der Waals surface area (Å²) in [6.07, 6.45) is 5.27. The molecule has 168 valence electrons. The first-order valence-corrected chi connectivity index (χ1v) is 12.4. The van der Waals surface area contributed by atoms with Crippen LogP contribution in [0.3, 0.4) is 0 Å². The molecular weight excluding hydrogens is 412 g/mol. The summed E-state index contributed by atoms with van der Waals surface area (Å²) in [5.41, 5.74) is 0.881. The normalized spacial score (nSPS) is 25.3. The van der Waals surface area contributed by atoms with Gasteiger partial charge in [0.2, 0.25) is 5.91 Å². The minimum Gasteiger partial charge on any atom is -0.379 e. The molecule has 3 aliphatic rings. The van der Waals surface area contributed by atoms with Gasteiger partial charge in [0.1, 0.15) is 11.2 Å². The topological polar surface area (TPSA) is 66.8 Å². The van der Waals surface area contributed by atoms with Gasteiger partial charge < -0.3 is 19.5 Å². The number of fused-ring (bicyclic) bond motifs is 3. The molecule has 0 radical (unpaired) electrons. The molecular formula is C23H32N4O3S. The van der Waals surface area contributed by atoms with Crippen LogP contribution < -0.4 is 5.32 Å². The molecule has 2 aliphatic heterocycles. The van der Waals surface area contributed by atoms with Crippen LogP contribution >= 0.6 is 11.3 Å². The predicted octanol–water partition coefficient (Wildman–Crippen LogP) is 2.70. The molecule has 0 bridgehead atoms. The Bertz CT molecular complexity index is 957. The van der Waals surface area contributed by atoms with Crippen molar-refractivity contribution in [1.82, 2.24) is 19.7 Å². The van der Waals surface area contributed by atoms with E-state index in [-0.39, 0.29) is 17.9 Å². The lowest BCUT2D eigenvalue weighted by Crippen LogP contribution is -2.65. The Morgan fingerprint density at radius 3 is 2.81 bits per heavy atom. The summed E-state index contributed by atoms with van der Waals surface area (Å²) >= 11 is 1.64. The number of carbonyl (C=O) groups is 2. The van der Waals surface area contributed by atoms with Gasteiger partial charge in [-0.25, -0.2) is 0 Å². The molecule has 7 nitrogen and oxygen atoms in total. The monoisotopic (exact) mass is 444 g/mol. The van der Waals surface area contributed by atoms with Crippen molar-refractivity contribution in [3.05, 3.63) is 23.2 Å². The van der Waals surface area contributed by atoms with Gasteiger partial charge in [-0.2, -0.15) is 0 Å². The molecule has 8 heteroatoms. The Kier molecular flexibility index (Phi) is 5.79.